The lowest BCUT2D eigenvalue weighted by atomic mass is 10.1. The lowest BCUT2D eigenvalue weighted by Gasteiger charge is -2.07. The average Bonchev–Trinajstić information content (AvgIpc) is 3.26. The molecule has 1 amide bonds. The fourth-order valence-corrected chi connectivity index (χ4v) is 3.86. The highest BCUT2D eigenvalue weighted by Crippen LogP contribution is 2.42. The number of nitrogens with two attached hydrogens (primary N) is 2. The van der Waals surface area contributed by atoms with Crippen LogP contribution in [0.15, 0.2) is 34.7 Å². The van der Waals surface area contributed by atoms with Crippen LogP contribution in [0.5, 0.6) is 0 Å². The van der Waals surface area contributed by atoms with Gasteiger partial charge in [-0.3, -0.25) is 4.79 Å². The van der Waals surface area contributed by atoms with E-state index in [1.54, 1.807) is 6.07 Å². The summed E-state index contributed by atoms with van der Waals surface area (Å²) < 4.78 is 6.02. The SMILES string of the molecule is NC(=O)c1cc2c(-c3ccc4c(N)ccc-4o3)nc(C3CC3)nc2s1. The molecule has 124 valence electrons. The van der Waals surface area contributed by atoms with Gasteiger partial charge in [-0.25, -0.2) is 9.97 Å². The molecule has 3 heterocycles. The number of primary amides is 1. The van der Waals surface area contributed by atoms with Crippen molar-refractivity contribution in [3.63, 3.8) is 0 Å². The number of thiophene rings is 1. The van der Waals surface area contributed by atoms with Crippen molar-refractivity contribution in [2.75, 3.05) is 5.73 Å². The molecule has 0 aromatic carbocycles. The summed E-state index contributed by atoms with van der Waals surface area (Å²) >= 11 is 1.29. The summed E-state index contributed by atoms with van der Waals surface area (Å²) in [7, 11) is 0. The van der Waals surface area contributed by atoms with Gasteiger partial charge >= 0.3 is 0 Å². The molecule has 25 heavy (non-hydrogen) atoms. The Hall–Kier alpha value is -2.93. The number of rotatable bonds is 3. The molecule has 5 rings (SSSR count). The molecule has 3 aliphatic rings. The molecular weight excluding hydrogens is 336 g/mol. The molecule has 0 bridgehead atoms. The first-order valence-corrected chi connectivity index (χ1v) is 8.81. The summed E-state index contributed by atoms with van der Waals surface area (Å²) in [5.41, 5.74) is 13.6. The van der Waals surface area contributed by atoms with E-state index >= 15 is 0 Å². The van der Waals surface area contributed by atoms with E-state index in [1.807, 2.05) is 24.3 Å². The maximum Gasteiger partial charge on any atom is 0.258 e. The largest absolute Gasteiger partial charge is 0.454 e. The topological polar surface area (TPSA) is 108 Å². The first-order valence-electron chi connectivity index (χ1n) is 8.00. The molecule has 6 nitrogen and oxygen atoms in total. The number of hydrogen-bond acceptors (Lipinski definition) is 6. The second kappa shape index (κ2) is 5.03. The summed E-state index contributed by atoms with van der Waals surface area (Å²) in [6.07, 6.45) is 2.18. The number of anilines is 1. The van der Waals surface area contributed by atoms with Crippen LogP contribution in [-0.4, -0.2) is 15.9 Å². The van der Waals surface area contributed by atoms with Crippen molar-refractivity contribution >= 4 is 33.1 Å². The van der Waals surface area contributed by atoms with Gasteiger partial charge in [-0.1, -0.05) is 0 Å². The minimum atomic E-state index is -0.460. The van der Waals surface area contributed by atoms with Crippen molar-refractivity contribution in [1.29, 1.82) is 0 Å². The third kappa shape index (κ3) is 2.27. The van der Waals surface area contributed by atoms with Crippen molar-refractivity contribution in [3.8, 4) is 22.8 Å². The quantitative estimate of drug-likeness (QED) is 0.587. The lowest BCUT2D eigenvalue weighted by Crippen LogP contribution is -2.08. The molecule has 0 radical (unpaired) electrons. The van der Waals surface area contributed by atoms with Crippen molar-refractivity contribution in [2.24, 2.45) is 5.73 Å². The summed E-state index contributed by atoms with van der Waals surface area (Å²) in [4.78, 5) is 22.2. The minimum Gasteiger partial charge on any atom is -0.454 e. The van der Waals surface area contributed by atoms with Crippen LogP contribution in [0.1, 0.15) is 34.3 Å². The molecule has 0 unspecified atom stereocenters. The predicted octanol–water partition coefficient (Wildman–Crippen LogP) is 3.61. The Morgan fingerprint density at radius 2 is 1.96 bits per heavy atom. The molecule has 1 saturated carbocycles. The Labute approximate surface area is 146 Å². The predicted molar refractivity (Wildman–Crippen MR) is 96.6 cm³/mol. The first-order chi connectivity index (χ1) is 12.1. The zero-order valence-electron chi connectivity index (χ0n) is 13.2. The highest BCUT2D eigenvalue weighted by Gasteiger charge is 2.29. The van der Waals surface area contributed by atoms with Crippen molar-refractivity contribution in [3.05, 3.63) is 41.0 Å². The number of fused-ring (bicyclic) bond motifs is 2. The van der Waals surface area contributed by atoms with E-state index in [9.17, 15) is 4.79 Å². The minimum absolute atomic E-state index is 0.389. The van der Waals surface area contributed by atoms with Crippen LogP contribution in [0.2, 0.25) is 0 Å². The Morgan fingerprint density at radius 3 is 2.72 bits per heavy atom. The van der Waals surface area contributed by atoms with Gasteiger partial charge in [0.1, 0.15) is 22.1 Å². The molecule has 0 saturated heterocycles. The number of aromatic nitrogens is 2. The maximum atomic E-state index is 11.6. The van der Waals surface area contributed by atoms with Gasteiger partial charge < -0.3 is 15.9 Å². The fraction of sp³-hybridized carbons (Fsp3) is 0.167. The van der Waals surface area contributed by atoms with E-state index in [0.29, 0.717) is 33.7 Å². The Bertz CT molecular complexity index is 1110. The van der Waals surface area contributed by atoms with Crippen LogP contribution in [0.4, 0.5) is 5.69 Å². The highest BCUT2D eigenvalue weighted by molar-refractivity contribution is 7.20. The number of amides is 1. The Morgan fingerprint density at radius 1 is 1.16 bits per heavy atom. The van der Waals surface area contributed by atoms with Gasteiger partial charge in [-0.2, -0.15) is 0 Å². The van der Waals surface area contributed by atoms with Gasteiger partial charge in [0.2, 0.25) is 0 Å². The van der Waals surface area contributed by atoms with Gasteiger partial charge in [0, 0.05) is 22.6 Å². The second-order valence-corrected chi connectivity index (χ2v) is 7.30. The van der Waals surface area contributed by atoms with Crippen LogP contribution >= 0.6 is 11.3 Å². The molecule has 1 aliphatic heterocycles. The number of carbonyl (C=O) groups excluding carboxylic acids is 1. The van der Waals surface area contributed by atoms with Gasteiger partial charge in [-0.05, 0) is 43.2 Å². The molecule has 2 aliphatic carbocycles. The van der Waals surface area contributed by atoms with Gasteiger partial charge in [0.15, 0.2) is 5.76 Å². The Kier molecular flexibility index (Phi) is 2.90. The average molecular weight is 350 g/mol. The van der Waals surface area contributed by atoms with E-state index in [0.717, 1.165) is 34.4 Å². The number of hydrogen-bond donors (Lipinski definition) is 2. The van der Waals surface area contributed by atoms with Gasteiger partial charge in [0.05, 0.1) is 4.88 Å². The van der Waals surface area contributed by atoms with Crippen LogP contribution in [0.25, 0.3) is 33.0 Å². The number of carbonyl (C=O) groups is 1. The second-order valence-electron chi connectivity index (χ2n) is 6.26. The van der Waals surface area contributed by atoms with Crippen LogP contribution in [0.3, 0.4) is 0 Å². The normalized spacial score (nSPS) is 14.4. The maximum absolute atomic E-state index is 11.6. The lowest BCUT2D eigenvalue weighted by molar-refractivity contribution is 0.100. The summed E-state index contributed by atoms with van der Waals surface area (Å²) in [5.74, 6) is 2.07. The summed E-state index contributed by atoms with van der Waals surface area (Å²) in [6, 6.07) is 9.19. The molecule has 2 aromatic heterocycles. The molecule has 2 aromatic rings. The smallest absolute Gasteiger partial charge is 0.258 e. The highest BCUT2D eigenvalue weighted by atomic mass is 32.1. The third-order valence-corrected chi connectivity index (χ3v) is 5.48. The van der Waals surface area contributed by atoms with E-state index < -0.39 is 5.91 Å². The summed E-state index contributed by atoms with van der Waals surface area (Å²) in [5, 5.41) is 0.783. The van der Waals surface area contributed by atoms with Crippen molar-refractivity contribution in [2.45, 2.75) is 18.8 Å². The van der Waals surface area contributed by atoms with E-state index in [4.69, 9.17) is 20.9 Å². The zero-order chi connectivity index (χ0) is 17.1. The molecule has 1 fully saturated rings. The molecule has 7 heteroatoms. The van der Waals surface area contributed by atoms with Gasteiger partial charge in [-0.15, -0.1) is 11.3 Å². The van der Waals surface area contributed by atoms with E-state index in [2.05, 4.69) is 4.98 Å². The van der Waals surface area contributed by atoms with Crippen LogP contribution in [-0.2, 0) is 0 Å². The van der Waals surface area contributed by atoms with Gasteiger partial charge in [0.25, 0.3) is 5.91 Å². The van der Waals surface area contributed by atoms with Crippen LogP contribution in [0, 0.1) is 0 Å². The molecule has 0 atom stereocenters. The first kappa shape index (κ1) is 14.4. The molecule has 0 spiro atoms. The summed E-state index contributed by atoms with van der Waals surface area (Å²) in [6.45, 7) is 0. The Balaban J connectivity index is 1.77. The molecular formula is C18H14N4O2S. The zero-order valence-corrected chi connectivity index (χ0v) is 14.0. The number of nitrogen functional groups attached to an aromatic ring is 1. The van der Waals surface area contributed by atoms with E-state index in [-0.39, 0.29) is 0 Å². The van der Waals surface area contributed by atoms with E-state index in [1.165, 1.54) is 11.3 Å². The van der Waals surface area contributed by atoms with Crippen LogP contribution < -0.4 is 11.5 Å². The van der Waals surface area contributed by atoms with Crippen molar-refractivity contribution < 1.29 is 9.21 Å². The third-order valence-electron chi connectivity index (χ3n) is 4.44. The monoisotopic (exact) mass is 350 g/mol. The number of nitrogens with zero attached hydrogens (tertiary/aromatic N) is 2. The van der Waals surface area contributed by atoms with Crippen molar-refractivity contribution in [1.82, 2.24) is 9.97 Å². The molecule has 4 N–H and O–H groups in total. The fourth-order valence-electron chi connectivity index (χ4n) is 2.96. The standard InChI is InChI=1S/C18H14N4O2S/c19-11-4-6-12-9(11)3-5-13(24-12)15-10-7-14(16(20)23)25-18(10)22-17(21-15)8-1-2-8/h3-8H,1-2,19H2,(H2,20,23).